The van der Waals surface area contributed by atoms with E-state index in [1.807, 2.05) is 11.9 Å². The number of hydrogen-bond donors (Lipinski definition) is 0. The predicted octanol–water partition coefficient (Wildman–Crippen LogP) is 6.23. The van der Waals surface area contributed by atoms with Crippen LogP contribution < -0.4 is 0 Å². The number of imide groups is 1. The second-order valence-corrected chi connectivity index (χ2v) is 11.1. The Balaban J connectivity index is 1.35. The number of amides is 2. The van der Waals surface area contributed by atoms with Crippen molar-refractivity contribution in [3.8, 4) is 0 Å². The third-order valence-corrected chi connectivity index (χ3v) is 8.00. The highest BCUT2D eigenvalue weighted by atomic mass is 35.5. The van der Waals surface area contributed by atoms with E-state index in [4.69, 9.17) is 11.6 Å². The maximum atomic E-state index is 15.3. The van der Waals surface area contributed by atoms with E-state index in [2.05, 4.69) is 5.10 Å². The van der Waals surface area contributed by atoms with Crippen LogP contribution in [0.1, 0.15) is 29.5 Å². The minimum absolute atomic E-state index is 0.00603. The third-order valence-electron chi connectivity index (χ3n) is 6.86. The lowest BCUT2D eigenvalue weighted by atomic mass is 9.93. The lowest BCUT2D eigenvalue weighted by Gasteiger charge is -2.36. The average Bonchev–Trinajstić information content (AvgIpc) is 3.37. The Bertz CT molecular complexity index is 1450. The van der Waals surface area contributed by atoms with Gasteiger partial charge in [-0.2, -0.15) is 18.3 Å². The van der Waals surface area contributed by atoms with Crippen LogP contribution in [0.25, 0.3) is 17.0 Å². The van der Waals surface area contributed by atoms with E-state index in [0.717, 1.165) is 22.7 Å². The number of thioether (sulfide) groups is 1. The van der Waals surface area contributed by atoms with E-state index in [9.17, 15) is 22.8 Å². The number of halogens is 5. The minimum atomic E-state index is -4.56. The monoisotopic (exact) mass is 566 g/mol. The summed E-state index contributed by atoms with van der Waals surface area (Å²) in [4.78, 5) is 28.6. The minimum Gasteiger partial charge on any atom is -0.306 e. The molecule has 0 atom stereocenters. The molecule has 0 bridgehead atoms. The zero-order chi connectivity index (χ0) is 27.2. The summed E-state index contributed by atoms with van der Waals surface area (Å²) in [6.45, 7) is 0.741. The molecule has 0 saturated carbocycles. The van der Waals surface area contributed by atoms with Gasteiger partial charge in [-0.1, -0.05) is 23.7 Å². The Hall–Kier alpha value is -2.89. The van der Waals surface area contributed by atoms with Gasteiger partial charge in [-0.15, -0.1) is 0 Å². The van der Waals surface area contributed by atoms with Crippen LogP contribution in [0.15, 0.2) is 47.5 Å². The number of likely N-dealkylation sites (tertiary alicyclic amines) is 1. The highest BCUT2D eigenvalue weighted by Gasteiger charge is 2.43. The normalized spacial score (nSPS) is 19.7. The molecule has 38 heavy (non-hydrogen) atoms. The number of aromatic nitrogens is 2. The van der Waals surface area contributed by atoms with Crippen molar-refractivity contribution in [2.45, 2.75) is 31.2 Å². The first-order valence-corrected chi connectivity index (χ1v) is 13.1. The molecule has 2 amide bonds. The van der Waals surface area contributed by atoms with Crippen molar-refractivity contribution in [2.75, 3.05) is 26.7 Å². The van der Waals surface area contributed by atoms with Crippen LogP contribution in [-0.2, 0) is 17.5 Å². The Kier molecular flexibility index (Phi) is 7.04. The van der Waals surface area contributed by atoms with Gasteiger partial charge in [-0.3, -0.25) is 19.2 Å². The molecule has 3 heterocycles. The second-order valence-electron chi connectivity index (χ2n) is 9.64. The summed E-state index contributed by atoms with van der Waals surface area (Å²) in [5.41, 5.74) is -1.19. The zero-order valence-electron chi connectivity index (χ0n) is 20.3. The number of hydrogen-bond acceptors (Lipinski definition) is 5. The standard InChI is InChI=1S/C26H23ClF4N4O2S/c1-33-8-6-25(28,7-9-33)15-34-23(36)22(38-24(34)37)11-16-2-5-21-18(10-16)13-32-35(21)14-17-3-4-19(27)12-20(17)26(29,30)31/h2-5,10-13H,6-9,14-15H2,1H3/b22-11-. The van der Waals surface area contributed by atoms with Crippen molar-refractivity contribution in [2.24, 2.45) is 0 Å². The number of nitrogens with zero attached hydrogens (tertiary/aromatic N) is 4. The van der Waals surface area contributed by atoms with Crippen molar-refractivity contribution in [1.29, 1.82) is 0 Å². The fourth-order valence-corrected chi connectivity index (χ4v) is 5.69. The summed E-state index contributed by atoms with van der Waals surface area (Å²) in [6, 6.07) is 8.74. The van der Waals surface area contributed by atoms with Crippen molar-refractivity contribution >= 4 is 51.5 Å². The fourth-order valence-electron chi connectivity index (χ4n) is 4.68. The molecule has 0 N–H and O–H groups in total. The molecule has 0 aliphatic carbocycles. The van der Waals surface area contributed by atoms with Gasteiger partial charge in [-0.05, 0) is 73.1 Å². The first-order valence-electron chi connectivity index (χ1n) is 11.9. The summed E-state index contributed by atoms with van der Waals surface area (Å²) < 4.78 is 57.2. The molecule has 0 unspecified atom stereocenters. The number of piperidine rings is 1. The molecule has 6 nitrogen and oxygen atoms in total. The highest BCUT2D eigenvalue weighted by molar-refractivity contribution is 8.18. The molecule has 1 aromatic heterocycles. The quantitative estimate of drug-likeness (QED) is 0.271. The maximum Gasteiger partial charge on any atom is 0.416 e. The van der Waals surface area contributed by atoms with Crippen molar-refractivity contribution in [3.63, 3.8) is 0 Å². The number of carbonyl (C=O) groups is 2. The zero-order valence-corrected chi connectivity index (χ0v) is 21.8. The Morgan fingerprint density at radius 1 is 1.13 bits per heavy atom. The summed E-state index contributed by atoms with van der Waals surface area (Å²) in [7, 11) is 1.90. The third kappa shape index (κ3) is 5.45. The van der Waals surface area contributed by atoms with Crippen LogP contribution in [0.5, 0.6) is 0 Å². The highest BCUT2D eigenvalue weighted by Crippen LogP contribution is 2.37. The topological polar surface area (TPSA) is 58.4 Å². The second kappa shape index (κ2) is 10.0. The molecule has 2 aliphatic heterocycles. The lowest BCUT2D eigenvalue weighted by molar-refractivity contribution is -0.138. The molecule has 2 fully saturated rings. The smallest absolute Gasteiger partial charge is 0.306 e. The molecule has 0 radical (unpaired) electrons. The van der Waals surface area contributed by atoms with Crippen LogP contribution in [-0.4, -0.2) is 63.1 Å². The molecule has 2 saturated heterocycles. The number of fused-ring (bicyclic) bond motifs is 1. The van der Waals surface area contributed by atoms with Gasteiger partial charge in [0.2, 0.25) is 0 Å². The Morgan fingerprint density at radius 3 is 2.58 bits per heavy atom. The number of alkyl halides is 4. The average molecular weight is 567 g/mol. The van der Waals surface area contributed by atoms with Crippen molar-refractivity contribution < 1.29 is 27.2 Å². The Labute approximate surface area is 225 Å². The van der Waals surface area contributed by atoms with Crippen LogP contribution in [0.3, 0.4) is 0 Å². The molecular weight excluding hydrogens is 544 g/mol. The van der Waals surface area contributed by atoms with E-state index in [1.165, 1.54) is 23.0 Å². The van der Waals surface area contributed by atoms with E-state index in [0.29, 0.717) is 29.6 Å². The summed E-state index contributed by atoms with van der Waals surface area (Å²) in [5.74, 6) is -0.533. The number of benzene rings is 2. The van der Waals surface area contributed by atoms with Crippen molar-refractivity contribution in [3.05, 3.63) is 69.2 Å². The molecule has 5 rings (SSSR count). The number of rotatable bonds is 5. The van der Waals surface area contributed by atoms with Gasteiger partial charge in [0.05, 0.1) is 35.3 Å². The van der Waals surface area contributed by atoms with Crippen LogP contribution in [0.2, 0.25) is 5.02 Å². The van der Waals surface area contributed by atoms with Crippen LogP contribution in [0, 0.1) is 0 Å². The molecular formula is C26H23ClF4N4O2S. The summed E-state index contributed by atoms with van der Waals surface area (Å²) in [6.07, 6.45) is -0.970. The molecule has 3 aromatic rings. The van der Waals surface area contributed by atoms with E-state index in [1.54, 1.807) is 24.3 Å². The summed E-state index contributed by atoms with van der Waals surface area (Å²) >= 11 is 6.54. The maximum absolute atomic E-state index is 15.3. The van der Waals surface area contributed by atoms with E-state index >= 15 is 4.39 Å². The van der Waals surface area contributed by atoms with Gasteiger partial charge >= 0.3 is 6.18 Å². The first-order chi connectivity index (χ1) is 17.9. The largest absolute Gasteiger partial charge is 0.416 e. The van der Waals surface area contributed by atoms with E-state index < -0.39 is 28.6 Å². The molecule has 2 aromatic carbocycles. The Morgan fingerprint density at radius 2 is 1.87 bits per heavy atom. The first kappa shape index (κ1) is 26.7. The van der Waals surface area contributed by atoms with Gasteiger partial charge in [0.25, 0.3) is 11.1 Å². The van der Waals surface area contributed by atoms with Crippen LogP contribution >= 0.6 is 23.4 Å². The SMILES string of the molecule is CN1CCC(F)(CN2C(=O)S/C(=C\c3ccc4c(cnn4Cc4ccc(Cl)cc4C(F)(F)F)c3)C2=O)CC1. The predicted molar refractivity (Wildman–Crippen MR) is 139 cm³/mol. The summed E-state index contributed by atoms with van der Waals surface area (Å²) in [5, 5.41) is 4.38. The molecule has 0 spiro atoms. The molecule has 2 aliphatic rings. The van der Waals surface area contributed by atoms with Crippen LogP contribution in [0.4, 0.5) is 22.4 Å². The van der Waals surface area contributed by atoms with Gasteiger partial charge in [0.15, 0.2) is 0 Å². The van der Waals surface area contributed by atoms with Gasteiger partial charge in [0, 0.05) is 23.5 Å². The van der Waals surface area contributed by atoms with E-state index in [-0.39, 0.29) is 41.4 Å². The van der Waals surface area contributed by atoms with Gasteiger partial charge in [0.1, 0.15) is 5.67 Å². The number of carbonyl (C=O) groups excluding carboxylic acids is 2. The van der Waals surface area contributed by atoms with Gasteiger partial charge in [-0.25, -0.2) is 4.39 Å². The lowest BCUT2D eigenvalue weighted by Crippen LogP contribution is -2.48. The molecule has 200 valence electrons. The molecule has 12 heteroatoms. The van der Waals surface area contributed by atoms with Crippen molar-refractivity contribution in [1.82, 2.24) is 19.6 Å². The fraction of sp³-hybridized carbons (Fsp3) is 0.346. The van der Waals surface area contributed by atoms with Gasteiger partial charge < -0.3 is 4.90 Å².